The van der Waals surface area contributed by atoms with Crippen molar-refractivity contribution in [3.05, 3.63) is 24.3 Å². The number of benzene rings is 1. The lowest BCUT2D eigenvalue weighted by Gasteiger charge is -2.09. The second kappa shape index (κ2) is 6.68. The van der Waals surface area contributed by atoms with Crippen LogP contribution in [-0.2, 0) is 4.74 Å². The number of rotatable bonds is 6. The number of nitrogens with one attached hydrogen (secondary N) is 1. The van der Waals surface area contributed by atoms with E-state index in [4.69, 9.17) is 14.7 Å². The SMILES string of the molecule is CCOCCOc1ccccc1NC#N. The molecule has 0 saturated carbocycles. The van der Waals surface area contributed by atoms with Gasteiger partial charge in [-0.15, -0.1) is 0 Å². The number of nitrogens with zero attached hydrogens (tertiary/aromatic N) is 1. The number of hydrogen-bond acceptors (Lipinski definition) is 4. The molecule has 1 aromatic carbocycles. The Labute approximate surface area is 89.4 Å². The predicted octanol–water partition coefficient (Wildman–Crippen LogP) is 1.99. The molecule has 4 heteroatoms. The lowest BCUT2D eigenvalue weighted by Crippen LogP contribution is -2.07. The van der Waals surface area contributed by atoms with E-state index in [2.05, 4.69) is 5.32 Å². The topological polar surface area (TPSA) is 54.3 Å². The van der Waals surface area contributed by atoms with Gasteiger partial charge in [0.15, 0.2) is 6.19 Å². The van der Waals surface area contributed by atoms with Gasteiger partial charge in [-0.05, 0) is 19.1 Å². The van der Waals surface area contributed by atoms with Gasteiger partial charge in [0.25, 0.3) is 0 Å². The van der Waals surface area contributed by atoms with Crippen LogP contribution in [0.4, 0.5) is 5.69 Å². The Morgan fingerprint density at radius 2 is 2.13 bits per heavy atom. The van der Waals surface area contributed by atoms with Crippen molar-refractivity contribution in [2.45, 2.75) is 6.92 Å². The molecule has 0 saturated heterocycles. The molecule has 0 radical (unpaired) electrons. The van der Waals surface area contributed by atoms with Gasteiger partial charge < -0.3 is 9.47 Å². The summed E-state index contributed by atoms with van der Waals surface area (Å²) in [5.41, 5.74) is 0.677. The van der Waals surface area contributed by atoms with Crippen LogP contribution in [0.15, 0.2) is 24.3 Å². The van der Waals surface area contributed by atoms with Crippen LogP contribution in [-0.4, -0.2) is 19.8 Å². The van der Waals surface area contributed by atoms with Crippen LogP contribution in [0.5, 0.6) is 5.75 Å². The fourth-order valence-corrected chi connectivity index (χ4v) is 1.11. The van der Waals surface area contributed by atoms with Crippen molar-refractivity contribution in [1.29, 1.82) is 5.26 Å². The normalized spacial score (nSPS) is 9.33. The first-order chi connectivity index (χ1) is 7.38. The van der Waals surface area contributed by atoms with Gasteiger partial charge >= 0.3 is 0 Å². The maximum atomic E-state index is 8.51. The molecule has 4 nitrogen and oxygen atoms in total. The first-order valence-electron chi connectivity index (χ1n) is 4.83. The van der Waals surface area contributed by atoms with Crippen LogP contribution in [0.3, 0.4) is 0 Å². The molecule has 0 spiro atoms. The number of hydrogen-bond donors (Lipinski definition) is 1. The summed E-state index contributed by atoms with van der Waals surface area (Å²) in [7, 11) is 0. The highest BCUT2D eigenvalue weighted by Crippen LogP contribution is 2.22. The molecule has 80 valence electrons. The fourth-order valence-electron chi connectivity index (χ4n) is 1.11. The second-order valence-corrected chi connectivity index (χ2v) is 2.78. The van der Waals surface area contributed by atoms with Crippen LogP contribution in [0, 0.1) is 11.5 Å². The average molecular weight is 206 g/mol. The van der Waals surface area contributed by atoms with Crippen molar-refractivity contribution in [3.63, 3.8) is 0 Å². The predicted molar refractivity (Wildman–Crippen MR) is 57.7 cm³/mol. The molecule has 0 bridgehead atoms. The molecule has 15 heavy (non-hydrogen) atoms. The van der Waals surface area contributed by atoms with E-state index in [-0.39, 0.29) is 0 Å². The summed E-state index contributed by atoms with van der Waals surface area (Å²) in [4.78, 5) is 0. The Morgan fingerprint density at radius 3 is 2.87 bits per heavy atom. The molecule has 1 aromatic rings. The van der Waals surface area contributed by atoms with Gasteiger partial charge in [0.05, 0.1) is 12.3 Å². The molecule has 0 atom stereocenters. The molecular weight excluding hydrogens is 192 g/mol. The molecule has 0 aliphatic heterocycles. The highest BCUT2D eigenvalue weighted by atomic mass is 16.5. The summed E-state index contributed by atoms with van der Waals surface area (Å²) in [5.74, 6) is 0.666. The van der Waals surface area contributed by atoms with Crippen molar-refractivity contribution in [1.82, 2.24) is 0 Å². The lowest BCUT2D eigenvalue weighted by atomic mass is 10.3. The minimum Gasteiger partial charge on any atom is -0.489 e. The third-order valence-corrected chi connectivity index (χ3v) is 1.77. The van der Waals surface area contributed by atoms with Gasteiger partial charge in [0.1, 0.15) is 12.4 Å². The average Bonchev–Trinajstić information content (AvgIpc) is 2.27. The standard InChI is InChI=1S/C11H14N2O2/c1-2-14-7-8-15-11-6-4-3-5-10(11)13-9-12/h3-6,13H,2,7-8H2,1H3. The minimum atomic E-state index is 0.484. The van der Waals surface area contributed by atoms with Crippen LogP contribution in [0.2, 0.25) is 0 Å². The maximum Gasteiger partial charge on any atom is 0.181 e. The lowest BCUT2D eigenvalue weighted by molar-refractivity contribution is 0.110. The first-order valence-corrected chi connectivity index (χ1v) is 4.83. The van der Waals surface area contributed by atoms with E-state index in [9.17, 15) is 0 Å². The van der Waals surface area contributed by atoms with Gasteiger partial charge in [0.2, 0.25) is 0 Å². The van der Waals surface area contributed by atoms with Gasteiger partial charge in [-0.3, -0.25) is 5.32 Å². The summed E-state index contributed by atoms with van der Waals surface area (Å²) in [6.07, 6.45) is 1.86. The van der Waals surface area contributed by atoms with Crippen molar-refractivity contribution in [3.8, 4) is 11.9 Å². The summed E-state index contributed by atoms with van der Waals surface area (Å²) in [5, 5.41) is 11.1. The molecule has 0 fully saturated rings. The van der Waals surface area contributed by atoms with Gasteiger partial charge in [-0.2, -0.15) is 5.26 Å². The molecule has 0 aromatic heterocycles. The van der Waals surface area contributed by atoms with E-state index in [1.165, 1.54) is 0 Å². The molecule has 1 rings (SSSR count). The number of nitriles is 1. The highest BCUT2D eigenvalue weighted by molar-refractivity contribution is 5.58. The van der Waals surface area contributed by atoms with Crippen molar-refractivity contribution in [2.24, 2.45) is 0 Å². The summed E-state index contributed by atoms with van der Waals surface area (Å²) >= 11 is 0. The van der Waals surface area contributed by atoms with Crippen molar-refractivity contribution >= 4 is 5.69 Å². The Balaban J connectivity index is 2.48. The molecule has 0 amide bonds. The Kier molecular flexibility index (Phi) is 5.06. The quantitative estimate of drug-likeness (QED) is 0.439. The third-order valence-electron chi connectivity index (χ3n) is 1.77. The zero-order valence-corrected chi connectivity index (χ0v) is 8.69. The molecule has 0 heterocycles. The Hall–Kier alpha value is -1.73. The smallest absolute Gasteiger partial charge is 0.181 e. The number of para-hydroxylation sites is 2. The van der Waals surface area contributed by atoms with Gasteiger partial charge in [-0.25, -0.2) is 0 Å². The molecule has 0 aliphatic carbocycles. The summed E-state index contributed by atoms with van der Waals surface area (Å²) < 4.78 is 10.6. The van der Waals surface area contributed by atoms with Crippen LogP contribution < -0.4 is 10.1 Å². The fraction of sp³-hybridized carbons (Fsp3) is 0.364. The van der Waals surface area contributed by atoms with E-state index >= 15 is 0 Å². The zero-order valence-electron chi connectivity index (χ0n) is 8.69. The molecular formula is C11H14N2O2. The summed E-state index contributed by atoms with van der Waals surface area (Å²) in [6, 6.07) is 7.30. The largest absolute Gasteiger partial charge is 0.489 e. The van der Waals surface area contributed by atoms with Crippen molar-refractivity contribution < 1.29 is 9.47 Å². The number of ether oxygens (including phenoxy) is 2. The summed E-state index contributed by atoms with van der Waals surface area (Å²) in [6.45, 7) is 3.65. The van der Waals surface area contributed by atoms with Crippen LogP contribution >= 0.6 is 0 Å². The monoisotopic (exact) mass is 206 g/mol. The minimum absolute atomic E-state index is 0.484. The van der Waals surface area contributed by atoms with Crippen LogP contribution in [0.1, 0.15) is 6.92 Å². The van der Waals surface area contributed by atoms with Gasteiger partial charge in [0, 0.05) is 6.61 Å². The Bertz CT molecular complexity index is 334. The number of anilines is 1. The molecule has 1 N–H and O–H groups in total. The van der Waals surface area contributed by atoms with Crippen LogP contribution in [0.25, 0.3) is 0 Å². The molecule has 0 aliphatic rings. The molecule has 0 unspecified atom stereocenters. The van der Waals surface area contributed by atoms with E-state index < -0.39 is 0 Å². The second-order valence-electron chi connectivity index (χ2n) is 2.78. The highest BCUT2D eigenvalue weighted by Gasteiger charge is 2.00. The third kappa shape index (κ3) is 3.88. The van der Waals surface area contributed by atoms with E-state index in [0.29, 0.717) is 31.3 Å². The maximum absolute atomic E-state index is 8.51. The van der Waals surface area contributed by atoms with E-state index in [1.54, 1.807) is 6.07 Å². The zero-order chi connectivity index (χ0) is 10.9. The Morgan fingerprint density at radius 1 is 1.33 bits per heavy atom. The van der Waals surface area contributed by atoms with E-state index in [0.717, 1.165) is 0 Å². The van der Waals surface area contributed by atoms with Gasteiger partial charge in [-0.1, -0.05) is 12.1 Å². The first kappa shape index (κ1) is 11.3. The van der Waals surface area contributed by atoms with Crippen molar-refractivity contribution in [2.75, 3.05) is 25.1 Å². The van der Waals surface area contributed by atoms with E-state index in [1.807, 2.05) is 31.3 Å².